The fourth-order valence-electron chi connectivity index (χ4n) is 1.74. The molecule has 1 amide bonds. The number of rotatable bonds is 7. The smallest absolute Gasteiger partial charge is 0.316 e. The van der Waals surface area contributed by atoms with E-state index in [1.54, 1.807) is 23.5 Å². The minimum atomic E-state index is -0.911. The minimum absolute atomic E-state index is 0.192. The molecule has 0 saturated carbocycles. The highest BCUT2D eigenvalue weighted by atomic mass is 35.5. The second kappa shape index (κ2) is 9.32. The molecule has 1 aromatic carbocycles. The molecule has 1 N–H and O–H groups in total. The number of carbonyl (C=O) groups is 2. The van der Waals surface area contributed by atoms with E-state index in [0.29, 0.717) is 15.7 Å². The third-order valence-electron chi connectivity index (χ3n) is 2.91. The number of ether oxygens (including phenoxy) is 1. The zero-order valence-electron chi connectivity index (χ0n) is 12.8. The fraction of sp³-hybridized carbons (Fsp3) is 0.250. The molecule has 0 aliphatic carbocycles. The van der Waals surface area contributed by atoms with Crippen molar-refractivity contribution in [3.8, 4) is 0 Å². The van der Waals surface area contributed by atoms with E-state index < -0.39 is 18.0 Å². The highest BCUT2D eigenvalue weighted by Gasteiger charge is 2.18. The summed E-state index contributed by atoms with van der Waals surface area (Å²) in [5.41, 5.74) is 0.418. The Kier molecular flexibility index (Phi) is 7.42. The lowest BCUT2D eigenvalue weighted by Gasteiger charge is -2.14. The van der Waals surface area contributed by atoms with Crippen molar-refractivity contribution in [3.05, 3.63) is 50.6 Å². The molecule has 0 spiro atoms. The van der Waals surface area contributed by atoms with Crippen molar-refractivity contribution in [2.24, 2.45) is 0 Å². The summed E-state index contributed by atoms with van der Waals surface area (Å²) in [5, 5.41) is 5.39. The molecule has 2 rings (SSSR count). The number of thiophene rings is 1. The van der Waals surface area contributed by atoms with Crippen LogP contribution >= 0.6 is 46.3 Å². The summed E-state index contributed by atoms with van der Waals surface area (Å²) in [7, 11) is 0. The van der Waals surface area contributed by atoms with E-state index in [4.69, 9.17) is 27.9 Å². The van der Waals surface area contributed by atoms with Gasteiger partial charge in [-0.3, -0.25) is 9.59 Å². The van der Waals surface area contributed by atoms with Crippen molar-refractivity contribution in [1.29, 1.82) is 0 Å². The van der Waals surface area contributed by atoms with Gasteiger partial charge < -0.3 is 10.1 Å². The number of esters is 1. The average molecular weight is 404 g/mol. The number of carbonyl (C=O) groups excluding carboxylic acids is 2. The van der Waals surface area contributed by atoms with Gasteiger partial charge in [0, 0.05) is 15.7 Å². The average Bonchev–Trinajstić information content (AvgIpc) is 3.03. The third-order valence-corrected chi connectivity index (χ3v) is 5.47. The predicted molar refractivity (Wildman–Crippen MR) is 101 cm³/mol. The van der Waals surface area contributed by atoms with E-state index in [1.165, 1.54) is 29.6 Å². The van der Waals surface area contributed by atoms with Gasteiger partial charge in [0.1, 0.15) is 0 Å². The monoisotopic (exact) mass is 403 g/mol. The van der Waals surface area contributed by atoms with Crippen LogP contribution in [0.25, 0.3) is 0 Å². The number of anilines is 1. The molecule has 1 heterocycles. The highest BCUT2D eigenvalue weighted by Crippen LogP contribution is 2.25. The molecule has 24 heavy (non-hydrogen) atoms. The standard InChI is InChI=1S/C16H15Cl2NO3S2/c1-10(16(21)19-14-5-4-11(17)7-13(14)18)22-15(20)9-23-8-12-3-2-6-24-12/h2-7,10H,8-9H2,1H3,(H,19,21)/t10-/m0/s1. The predicted octanol–water partition coefficient (Wildman–Crippen LogP) is 4.86. The number of nitrogens with one attached hydrogen (secondary N) is 1. The van der Waals surface area contributed by atoms with E-state index in [-0.39, 0.29) is 5.75 Å². The first kappa shape index (κ1) is 19.1. The van der Waals surface area contributed by atoms with Gasteiger partial charge in [-0.15, -0.1) is 23.1 Å². The molecule has 0 saturated heterocycles. The normalized spacial score (nSPS) is 11.8. The Morgan fingerprint density at radius 2 is 2.12 bits per heavy atom. The van der Waals surface area contributed by atoms with Gasteiger partial charge in [0.25, 0.3) is 5.91 Å². The largest absolute Gasteiger partial charge is 0.452 e. The second-order valence-electron chi connectivity index (χ2n) is 4.82. The number of hydrogen-bond acceptors (Lipinski definition) is 5. The topological polar surface area (TPSA) is 55.4 Å². The summed E-state index contributed by atoms with van der Waals surface area (Å²) in [5.74, 6) is 0.0579. The van der Waals surface area contributed by atoms with Crippen LogP contribution in [0, 0.1) is 0 Å². The van der Waals surface area contributed by atoms with Gasteiger partial charge in [-0.1, -0.05) is 29.3 Å². The maximum Gasteiger partial charge on any atom is 0.316 e. The Bertz CT molecular complexity index is 707. The molecule has 0 radical (unpaired) electrons. The van der Waals surface area contributed by atoms with Gasteiger partial charge in [0.15, 0.2) is 6.10 Å². The Labute approximate surface area is 158 Å². The Balaban J connectivity index is 1.76. The molecule has 1 aromatic heterocycles. The van der Waals surface area contributed by atoms with Crippen molar-refractivity contribution < 1.29 is 14.3 Å². The molecular formula is C16H15Cl2NO3S2. The Morgan fingerprint density at radius 1 is 1.33 bits per heavy atom. The lowest BCUT2D eigenvalue weighted by atomic mass is 10.3. The lowest BCUT2D eigenvalue weighted by molar-refractivity contribution is -0.150. The van der Waals surface area contributed by atoms with Gasteiger partial charge in [0.2, 0.25) is 0 Å². The van der Waals surface area contributed by atoms with Gasteiger partial charge in [0.05, 0.1) is 16.5 Å². The van der Waals surface area contributed by atoms with Gasteiger partial charge in [-0.05, 0) is 36.6 Å². The number of benzene rings is 1. The number of halogens is 2. The van der Waals surface area contributed by atoms with Crippen LogP contribution in [0.15, 0.2) is 35.7 Å². The molecule has 0 bridgehead atoms. The van der Waals surface area contributed by atoms with E-state index >= 15 is 0 Å². The van der Waals surface area contributed by atoms with Crippen LogP contribution in [-0.4, -0.2) is 23.7 Å². The summed E-state index contributed by atoms with van der Waals surface area (Å²) in [6.07, 6.45) is -0.911. The lowest BCUT2D eigenvalue weighted by Crippen LogP contribution is -2.30. The highest BCUT2D eigenvalue weighted by molar-refractivity contribution is 7.99. The molecule has 4 nitrogen and oxygen atoms in total. The van der Waals surface area contributed by atoms with Crippen LogP contribution in [0.4, 0.5) is 5.69 Å². The Hall–Kier alpha value is -1.21. The van der Waals surface area contributed by atoms with Crippen LogP contribution in [0.1, 0.15) is 11.8 Å². The molecule has 1 atom stereocenters. The van der Waals surface area contributed by atoms with Gasteiger partial charge in [-0.2, -0.15) is 0 Å². The molecule has 2 aromatic rings. The summed E-state index contributed by atoms with van der Waals surface area (Å²) in [6, 6.07) is 8.70. The van der Waals surface area contributed by atoms with Crippen molar-refractivity contribution in [1.82, 2.24) is 0 Å². The maximum absolute atomic E-state index is 12.1. The van der Waals surface area contributed by atoms with Crippen LogP contribution in [0.3, 0.4) is 0 Å². The molecule has 0 aliphatic rings. The number of thioether (sulfide) groups is 1. The maximum atomic E-state index is 12.1. The summed E-state index contributed by atoms with van der Waals surface area (Å²) >= 11 is 14.9. The summed E-state index contributed by atoms with van der Waals surface area (Å²) < 4.78 is 5.13. The van der Waals surface area contributed by atoms with Gasteiger partial charge in [-0.25, -0.2) is 0 Å². The molecule has 128 valence electrons. The first-order chi connectivity index (χ1) is 11.5. The summed E-state index contributed by atoms with van der Waals surface area (Å²) in [6.45, 7) is 1.51. The molecular weight excluding hydrogens is 389 g/mol. The van der Waals surface area contributed by atoms with E-state index in [9.17, 15) is 9.59 Å². The number of hydrogen-bond donors (Lipinski definition) is 1. The van der Waals surface area contributed by atoms with Crippen molar-refractivity contribution >= 4 is 63.9 Å². The Morgan fingerprint density at radius 3 is 2.79 bits per heavy atom. The van der Waals surface area contributed by atoms with Crippen molar-refractivity contribution in [2.45, 2.75) is 18.8 Å². The zero-order valence-corrected chi connectivity index (χ0v) is 15.9. The second-order valence-corrected chi connectivity index (χ2v) is 7.68. The third kappa shape index (κ3) is 6.02. The van der Waals surface area contributed by atoms with E-state index in [2.05, 4.69) is 5.32 Å². The molecule has 8 heteroatoms. The summed E-state index contributed by atoms with van der Waals surface area (Å²) in [4.78, 5) is 25.0. The van der Waals surface area contributed by atoms with Crippen LogP contribution in [-0.2, 0) is 20.1 Å². The number of amides is 1. The zero-order chi connectivity index (χ0) is 17.5. The fourth-order valence-corrected chi connectivity index (χ4v) is 3.84. The first-order valence-electron chi connectivity index (χ1n) is 7.01. The van der Waals surface area contributed by atoms with Crippen LogP contribution in [0.2, 0.25) is 10.0 Å². The minimum Gasteiger partial charge on any atom is -0.452 e. The van der Waals surface area contributed by atoms with E-state index in [0.717, 1.165) is 5.75 Å². The van der Waals surface area contributed by atoms with Gasteiger partial charge >= 0.3 is 5.97 Å². The molecule has 0 aliphatic heterocycles. The van der Waals surface area contributed by atoms with Crippen molar-refractivity contribution in [2.75, 3.05) is 11.1 Å². The van der Waals surface area contributed by atoms with Crippen LogP contribution in [0.5, 0.6) is 0 Å². The SMILES string of the molecule is C[C@H](OC(=O)CSCc1cccs1)C(=O)Nc1ccc(Cl)cc1Cl. The van der Waals surface area contributed by atoms with Crippen molar-refractivity contribution in [3.63, 3.8) is 0 Å². The molecule has 0 unspecified atom stereocenters. The molecule has 0 fully saturated rings. The van der Waals surface area contributed by atoms with Crippen LogP contribution < -0.4 is 5.32 Å². The quantitative estimate of drug-likeness (QED) is 0.670. The first-order valence-corrected chi connectivity index (χ1v) is 9.80. The van der Waals surface area contributed by atoms with E-state index in [1.807, 2.05) is 17.5 Å².